The molecular weight excluding hydrogens is 237 g/mol. The van der Waals surface area contributed by atoms with Crippen LogP contribution in [0.5, 0.6) is 0 Å². The Morgan fingerprint density at radius 3 is 2.89 bits per heavy atom. The average molecular weight is 247 g/mol. The van der Waals surface area contributed by atoms with Crippen LogP contribution in [0.2, 0.25) is 0 Å². The molecule has 1 fully saturated rings. The number of halogens is 1. The Labute approximate surface area is 102 Å². The van der Waals surface area contributed by atoms with E-state index >= 15 is 0 Å². The molecule has 0 aromatic carbocycles. The van der Waals surface area contributed by atoms with Gasteiger partial charge in [-0.2, -0.15) is 5.10 Å². The van der Waals surface area contributed by atoms with Crippen LogP contribution in [0.3, 0.4) is 0 Å². The molecule has 3 rings (SSSR count). The maximum absolute atomic E-state index is 13.7. The summed E-state index contributed by atoms with van der Waals surface area (Å²) in [5.41, 5.74) is 0.921. The Morgan fingerprint density at radius 2 is 2.28 bits per heavy atom. The molecule has 5 nitrogen and oxygen atoms in total. The molecule has 18 heavy (non-hydrogen) atoms. The number of carboxylic acid groups (broad SMARTS) is 1. The molecule has 2 aromatic heterocycles. The zero-order chi connectivity index (χ0) is 12.7. The lowest BCUT2D eigenvalue weighted by atomic mass is 10.2. The summed E-state index contributed by atoms with van der Waals surface area (Å²) in [6.45, 7) is 0. The normalized spacial score (nSPS) is 14.7. The standard InChI is InChI=1S/C12H10FN3O2/c13-8-6-14-4-3-10(8)16-11(7-1-2-7)5-9(15-16)12(17)18/h3-7H,1-2H2,(H,17,18). The molecular formula is C12H10FN3O2. The molecule has 1 aliphatic rings. The predicted octanol–water partition coefficient (Wildman–Crippen LogP) is 1.98. The highest BCUT2D eigenvalue weighted by atomic mass is 19.1. The Bertz CT molecular complexity index is 620. The van der Waals surface area contributed by atoms with Crippen molar-refractivity contribution in [1.29, 1.82) is 0 Å². The second-order valence-electron chi connectivity index (χ2n) is 4.27. The lowest BCUT2D eigenvalue weighted by Crippen LogP contribution is -2.05. The number of hydrogen-bond donors (Lipinski definition) is 1. The maximum atomic E-state index is 13.7. The molecule has 0 amide bonds. The van der Waals surface area contributed by atoms with E-state index in [9.17, 15) is 9.18 Å². The van der Waals surface area contributed by atoms with E-state index in [0.717, 1.165) is 24.7 Å². The van der Waals surface area contributed by atoms with Gasteiger partial charge in [-0.3, -0.25) is 4.98 Å². The Morgan fingerprint density at radius 1 is 1.50 bits per heavy atom. The number of rotatable bonds is 3. The Balaban J connectivity index is 2.15. The summed E-state index contributed by atoms with van der Waals surface area (Å²) in [7, 11) is 0. The quantitative estimate of drug-likeness (QED) is 0.900. The van der Waals surface area contributed by atoms with Gasteiger partial charge in [0, 0.05) is 17.8 Å². The van der Waals surface area contributed by atoms with E-state index in [2.05, 4.69) is 10.1 Å². The maximum Gasteiger partial charge on any atom is 0.356 e. The molecule has 1 saturated carbocycles. The molecule has 0 unspecified atom stereocenters. The molecule has 1 aliphatic carbocycles. The molecule has 0 aliphatic heterocycles. The monoisotopic (exact) mass is 247 g/mol. The van der Waals surface area contributed by atoms with E-state index in [0.29, 0.717) is 0 Å². The summed E-state index contributed by atoms with van der Waals surface area (Å²) in [4.78, 5) is 14.6. The van der Waals surface area contributed by atoms with Crippen molar-refractivity contribution >= 4 is 5.97 Å². The fourth-order valence-corrected chi connectivity index (χ4v) is 1.90. The molecule has 0 atom stereocenters. The molecule has 0 bridgehead atoms. The zero-order valence-electron chi connectivity index (χ0n) is 9.38. The number of carboxylic acids is 1. The van der Waals surface area contributed by atoms with Crippen LogP contribution in [0.15, 0.2) is 24.5 Å². The first-order chi connectivity index (χ1) is 8.66. The van der Waals surface area contributed by atoms with Crippen LogP contribution in [-0.4, -0.2) is 25.8 Å². The van der Waals surface area contributed by atoms with Crippen molar-refractivity contribution in [2.75, 3.05) is 0 Å². The molecule has 0 saturated heterocycles. The van der Waals surface area contributed by atoms with E-state index in [1.807, 2.05) is 0 Å². The van der Waals surface area contributed by atoms with Gasteiger partial charge < -0.3 is 5.11 Å². The zero-order valence-corrected chi connectivity index (χ0v) is 9.38. The third kappa shape index (κ3) is 1.75. The summed E-state index contributed by atoms with van der Waals surface area (Å²) >= 11 is 0. The topological polar surface area (TPSA) is 68.0 Å². The molecule has 2 aromatic rings. The van der Waals surface area contributed by atoms with Gasteiger partial charge in [0.05, 0.1) is 6.20 Å². The first kappa shape index (κ1) is 10.9. The first-order valence-electron chi connectivity index (χ1n) is 5.60. The summed E-state index contributed by atoms with van der Waals surface area (Å²) in [5.74, 6) is -1.34. The lowest BCUT2D eigenvalue weighted by Gasteiger charge is -2.06. The second kappa shape index (κ2) is 3.90. The molecule has 0 spiro atoms. The number of aromatic carboxylic acids is 1. The van der Waals surface area contributed by atoms with Crippen LogP contribution in [0.25, 0.3) is 5.69 Å². The second-order valence-corrected chi connectivity index (χ2v) is 4.27. The van der Waals surface area contributed by atoms with E-state index in [1.54, 1.807) is 0 Å². The minimum absolute atomic E-state index is 0.0619. The highest BCUT2D eigenvalue weighted by molar-refractivity contribution is 5.85. The fraction of sp³-hybridized carbons (Fsp3) is 0.250. The van der Waals surface area contributed by atoms with Gasteiger partial charge in [0.25, 0.3) is 0 Å². The van der Waals surface area contributed by atoms with Gasteiger partial charge in [-0.25, -0.2) is 13.9 Å². The van der Waals surface area contributed by atoms with Gasteiger partial charge in [0.1, 0.15) is 5.69 Å². The van der Waals surface area contributed by atoms with Gasteiger partial charge in [-0.1, -0.05) is 0 Å². The average Bonchev–Trinajstić information content (AvgIpc) is 3.09. The minimum atomic E-state index is -1.11. The summed E-state index contributed by atoms with van der Waals surface area (Å²) in [5, 5.41) is 12.9. The highest BCUT2D eigenvalue weighted by Gasteiger charge is 2.30. The van der Waals surface area contributed by atoms with Crippen molar-refractivity contribution < 1.29 is 14.3 Å². The fourth-order valence-electron chi connectivity index (χ4n) is 1.90. The van der Waals surface area contributed by atoms with E-state index in [-0.39, 0.29) is 17.3 Å². The van der Waals surface area contributed by atoms with Gasteiger partial charge >= 0.3 is 5.97 Å². The number of carbonyl (C=O) groups is 1. The summed E-state index contributed by atoms with van der Waals surface area (Å²) in [6.07, 6.45) is 4.51. The number of pyridine rings is 1. The molecule has 6 heteroatoms. The van der Waals surface area contributed by atoms with Crippen LogP contribution < -0.4 is 0 Å². The van der Waals surface area contributed by atoms with E-state index in [4.69, 9.17) is 5.11 Å². The van der Waals surface area contributed by atoms with Crippen molar-refractivity contribution in [3.8, 4) is 5.69 Å². The van der Waals surface area contributed by atoms with Crippen LogP contribution in [0, 0.1) is 5.82 Å². The number of nitrogens with zero attached hydrogens (tertiary/aromatic N) is 3. The molecule has 92 valence electrons. The number of aromatic nitrogens is 3. The number of hydrogen-bond acceptors (Lipinski definition) is 3. The van der Waals surface area contributed by atoms with Crippen molar-refractivity contribution in [1.82, 2.24) is 14.8 Å². The lowest BCUT2D eigenvalue weighted by molar-refractivity contribution is 0.0690. The van der Waals surface area contributed by atoms with Crippen LogP contribution in [0.4, 0.5) is 4.39 Å². The molecule has 0 radical (unpaired) electrons. The van der Waals surface area contributed by atoms with Gasteiger partial charge in [-0.05, 0) is 25.0 Å². The van der Waals surface area contributed by atoms with Crippen molar-refractivity contribution in [2.24, 2.45) is 0 Å². The smallest absolute Gasteiger partial charge is 0.356 e. The minimum Gasteiger partial charge on any atom is -0.476 e. The van der Waals surface area contributed by atoms with Crippen LogP contribution in [0.1, 0.15) is 34.9 Å². The summed E-state index contributed by atoms with van der Waals surface area (Å²) < 4.78 is 15.1. The Kier molecular flexibility index (Phi) is 2.36. The van der Waals surface area contributed by atoms with Crippen LogP contribution >= 0.6 is 0 Å². The predicted molar refractivity (Wildman–Crippen MR) is 60.3 cm³/mol. The van der Waals surface area contributed by atoms with Gasteiger partial charge in [0.2, 0.25) is 0 Å². The molecule has 2 heterocycles. The SMILES string of the molecule is O=C(O)c1cc(C2CC2)n(-c2ccncc2F)n1. The molecule has 1 N–H and O–H groups in total. The Hall–Kier alpha value is -2.24. The largest absolute Gasteiger partial charge is 0.476 e. The third-order valence-corrected chi connectivity index (χ3v) is 2.93. The van der Waals surface area contributed by atoms with E-state index in [1.165, 1.54) is 23.0 Å². The third-order valence-electron chi connectivity index (χ3n) is 2.93. The van der Waals surface area contributed by atoms with Gasteiger partial charge in [0.15, 0.2) is 11.5 Å². The van der Waals surface area contributed by atoms with E-state index < -0.39 is 11.8 Å². The summed E-state index contributed by atoms with van der Waals surface area (Å²) in [6, 6.07) is 3.00. The van der Waals surface area contributed by atoms with Crippen LogP contribution in [-0.2, 0) is 0 Å². The van der Waals surface area contributed by atoms with Crippen molar-refractivity contribution in [3.63, 3.8) is 0 Å². The van der Waals surface area contributed by atoms with Crippen molar-refractivity contribution in [2.45, 2.75) is 18.8 Å². The van der Waals surface area contributed by atoms with Crippen molar-refractivity contribution in [3.05, 3.63) is 41.7 Å². The first-order valence-corrected chi connectivity index (χ1v) is 5.60. The highest BCUT2D eigenvalue weighted by Crippen LogP contribution is 2.41. The van der Waals surface area contributed by atoms with Gasteiger partial charge in [-0.15, -0.1) is 0 Å².